The van der Waals surface area contributed by atoms with Crippen molar-refractivity contribution in [2.45, 2.75) is 0 Å². The van der Waals surface area contributed by atoms with Gasteiger partial charge in [0.15, 0.2) is 5.58 Å². The highest BCUT2D eigenvalue weighted by atomic mass is 79.9. The molecular weight excluding hydrogens is 400 g/mol. The summed E-state index contributed by atoms with van der Waals surface area (Å²) < 4.78 is 6.30. The number of carbonyl (C=O) groups is 1. The number of hydrogen-bond acceptors (Lipinski definition) is 3. The molecule has 0 aliphatic heterocycles. The van der Waals surface area contributed by atoms with Crippen LogP contribution in [0.25, 0.3) is 22.6 Å². The van der Waals surface area contributed by atoms with Gasteiger partial charge >= 0.3 is 0 Å². The summed E-state index contributed by atoms with van der Waals surface area (Å²) in [5.74, 6) is 0.348. The van der Waals surface area contributed by atoms with Gasteiger partial charge < -0.3 is 4.42 Å². The molecule has 0 fully saturated rings. The van der Waals surface area contributed by atoms with Crippen molar-refractivity contribution >= 4 is 67.1 Å². The second kappa shape index (κ2) is 5.61. The summed E-state index contributed by atoms with van der Waals surface area (Å²) in [6.45, 7) is 0. The van der Waals surface area contributed by atoms with Gasteiger partial charge in [0, 0.05) is 15.1 Å². The zero-order chi connectivity index (χ0) is 15.1. The third kappa shape index (κ3) is 2.81. The maximum atomic E-state index is 11.2. The predicted molar refractivity (Wildman–Crippen MR) is 87.3 cm³/mol. The molecule has 0 amide bonds. The second-order valence-corrected chi connectivity index (χ2v) is 6.20. The zero-order valence-corrected chi connectivity index (χ0v) is 14.0. The Morgan fingerprint density at radius 3 is 2.67 bits per heavy atom. The van der Waals surface area contributed by atoms with Crippen LogP contribution >= 0.6 is 50.7 Å². The Hall–Kier alpha value is -1.07. The van der Waals surface area contributed by atoms with E-state index in [-0.39, 0.29) is 0 Å². The van der Waals surface area contributed by atoms with E-state index in [1.54, 1.807) is 30.3 Å². The van der Waals surface area contributed by atoms with E-state index in [0.717, 1.165) is 0 Å². The van der Waals surface area contributed by atoms with Crippen LogP contribution in [0, 0.1) is 0 Å². The van der Waals surface area contributed by atoms with Crippen molar-refractivity contribution in [3.8, 4) is 11.5 Å². The molecule has 3 rings (SSSR count). The lowest BCUT2D eigenvalue weighted by Crippen LogP contribution is -1.87. The van der Waals surface area contributed by atoms with Crippen LogP contribution in [0.1, 0.15) is 10.4 Å². The van der Waals surface area contributed by atoms with E-state index in [0.29, 0.717) is 42.6 Å². The SMILES string of the molecule is O=C(Cl)c1ccc2oc(-c3cc(Cl)cc(Cl)c3Br)nc2c1. The molecule has 0 N–H and O–H groups in total. The third-order valence-electron chi connectivity index (χ3n) is 2.84. The molecule has 0 spiro atoms. The summed E-state index contributed by atoms with van der Waals surface area (Å²) in [6, 6.07) is 8.09. The molecule has 106 valence electrons. The maximum Gasteiger partial charge on any atom is 0.252 e. The molecular formula is C14H5BrCl3NO2. The second-order valence-electron chi connectivity index (χ2n) is 4.22. The fraction of sp³-hybridized carbons (Fsp3) is 0. The van der Waals surface area contributed by atoms with Crippen LogP contribution in [0.15, 0.2) is 39.2 Å². The lowest BCUT2D eigenvalue weighted by molar-refractivity contribution is 0.108. The first-order chi connectivity index (χ1) is 9.95. The molecule has 0 aliphatic rings. The molecule has 0 unspecified atom stereocenters. The van der Waals surface area contributed by atoms with Crippen LogP contribution in [0.5, 0.6) is 0 Å². The van der Waals surface area contributed by atoms with Crippen molar-refractivity contribution in [1.29, 1.82) is 0 Å². The quantitative estimate of drug-likeness (QED) is 0.391. The van der Waals surface area contributed by atoms with Gasteiger partial charge in [-0.05, 0) is 57.9 Å². The first-order valence-corrected chi connectivity index (χ1v) is 7.64. The highest BCUT2D eigenvalue weighted by Gasteiger charge is 2.15. The molecule has 0 saturated carbocycles. The van der Waals surface area contributed by atoms with Gasteiger partial charge in [-0.3, -0.25) is 4.79 Å². The van der Waals surface area contributed by atoms with Crippen LogP contribution in [0.4, 0.5) is 0 Å². The van der Waals surface area contributed by atoms with Crippen molar-refractivity contribution in [2.75, 3.05) is 0 Å². The molecule has 0 radical (unpaired) electrons. The monoisotopic (exact) mass is 403 g/mol. The number of carbonyl (C=O) groups excluding carboxylic acids is 1. The molecule has 1 aromatic heterocycles. The fourth-order valence-electron chi connectivity index (χ4n) is 1.88. The molecule has 2 aromatic carbocycles. The van der Waals surface area contributed by atoms with Gasteiger partial charge in [-0.2, -0.15) is 0 Å². The van der Waals surface area contributed by atoms with Crippen LogP contribution in [-0.2, 0) is 0 Å². The molecule has 1 heterocycles. The summed E-state index contributed by atoms with van der Waals surface area (Å²) in [4.78, 5) is 15.5. The van der Waals surface area contributed by atoms with Gasteiger partial charge in [-0.15, -0.1) is 0 Å². The largest absolute Gasteiger partial charge is 0.436 e. The Balaban J connectivity index is 2.20. The first kappa shape index (κ1) is 14.9. The molecule has 0 aliphatic carbocycles. The third-order valence-corrected chi connectivity index (χ3v) is 4.66. The zero-order valence-electron chi connectivity index (χ0n) is 10.2. The van der Waals surface area contributed by atoms with Crippen LogP contribution in [-0.4, -0.2) is 10.2 Å². The van der Waals surface area contributed by atoms with Gasteiger partial charge in [0.1, 0.15) is 5.52 Å². The van der Waals surface area contributed by atoms with Crippen molar-refractivity contribution in [2.24, 2.45) is 0 Å². The molecule has 0 atom stereocenters. The summed E-state index contributed by atoms with van der Waals surface area (Å²) in [7, 11) is 0. The van der Waals surface area contributed by atoms with Gasteiger partial charge in [0.05, 0.1) is 10.6 Å². The number of rotatable bonds is 2. The summed E-state index contributed by atoms with van der Waals surface area (Å²) in [5.41, 5.74) is 2.05. The van der Waals surface area contributed by atoms with E-state index in [1.165, 1.54) is 0 Å². The number of halogens is 4. The topological polar surface area (TPSA) is 43.1 Å². The smallest absolute Gasteiger partial charge is 0.252 e. The Kier molecular flexibility index (Phi) is 3.97. The first-order valence-electron chi connectivity index (χ1n) is 5.71. The van der Waals surface area contributed by atoms with Crippen LogP contribution in [0.2, 0.25) is 10.0 Å². The summed E-state index contributed by atoms with van der Waals surface area (Å²) in [5, 5.41) is 0.377. The Bertz CT molecular complexity index is 876. The van der Waals surface area contributed by atoms with E-state index >= 15 is 0 Å². The summed E-state index contributed by atoms with van der Waals surface area (Å²) in [6.07, 6.45) is 0. The van der Waals surface area contributed by atoms with Crippen molar-refractivity contribution in [3.63, 3.8) is 0 Å². The van der Waals surface area contributed by atoms with E-state index in [2.05, 4.69) is 20.9 Å². The number of nitrogens with zero attached hydrogens (tertiary/aromatic N) is 1. The van der Waals surface area contributed by atoms with Crippen molar-refractivity contribution in [1.82, 2.24) is 4.98 Å². The van der Waals surface area contributed by atoms with E-state index < -0.39 is 5.24 Å². The minimum absolute atomic E-state index is 0.348. The van der Waals surface area contributed by atoms with E-state index in [9.17, 15) is 4.79 Å². The average Bonchev–Trinajstić information content (AvgIpc) is 2.85. The molecule has 21 heavy (non-hydrogen) atoms. The standard InChI is InChI=1S/C14H5BrCl3NO2/c15-12-8(4-7(16)5-9(12)17)14-19-10-3-6(13(18)20)1-2-11(10)21-14/h1-5H. The van der Waals surface area contributed by atoms with Gasteiger partial charge in [0.2, 0.25) is 5.89 Å². The lowest BCUT2D eigenvalue weighted by Gasteiger charge is -2.02. The Morgan fingerprint density at radius 1 is 1.19 bits per heavy atom. The predicted octanol–water partition coefficient (Wildman–Crippen LogP) is 5.94. The van der Waals surface area contributed by atoms with E-state index in [4.69, 9.17) is 39.2 Å². The molecule has 0 bridgehead atoms. The Morgan fingerprint density at radius 2 is 1.95 bits per heavy atom. The molecule has 7 heteroatoms. The van der Waals surface area contributed by atoms with Crippen molar-refractivity contribution < 1.29 is 9.21 Å². The highest BCUT2D eigenvalue weighted by Crippen LogP contribution is 2.37. The number of oxazole rings is 1. The van der Waals surface area contributed by atoms with Crippen LogP contribution < -0.4 is 0 Å². The number of aromatic nitrogens is 1. The molecule has 0 saturated heterocycles. The van der Waals surface area contributed by atoms with E-state index in [1.807, 2.05) is 0 Å². The Labute approximate surface area is 142 Å². The molecule has 3 aromatic rings. The van der Waals surface area contributed by atoms with Crippen molar-refractivity contribution in [3.05, 3.63) is 50.4 Å². The molecule has 3 nitrogen and oxygen atoms in total. The van der Waals surface area contributed by atoms with Gasteiger partial charge in [0.25, 0.3) is 5.24 Å². The summed E-state index contributed by atoms with van der Waals surface area (Å²) >= 11 is 20.9. The maximum absolute atomic E-state index is 11.2. The van der Waals surface area contributed by atoms with Gasteiger partial charge in [-0.1, -0.05) is 23.2 Å². The van der Waals surface area contributed by atoms with Crippen LogP contribution in [0.3, 0.4) is 0 Å². The number of fused-ring (bicyclic) bond motifs is 1. The minimum Gasteiger partial charge on any atom is -0.436 e. The number of hydrogen-bond donors (Lipinski definition) is 0. The normalized spacial score (nSPS) is 11.0. The fourth-order valence-corrected chi connectivity index (χ4v) is 2.89. The number of benzene rings is 2. The lowest BCUT2D eigenvalue weighted by atomic mass is 10.2. The average molecular weight is 405 g/mol. The van der Waals surface area contributed by atoms with Gasteiger partial charge in [-0.25, -0.2) is 4.98 Å². The highest BCUT2D eigenvalue weighted by molar-refractivity contribution is 9.10. The minimum atomic E-state index is -0.548.